The highest BCUT2D eigenvalue weighted by Crippen LogP contribution is 2.37. The van der Waals surface area contributed by atoms with Crippen molar-refractivity contribution in [1.29, 1.82) is 0 Å². The Bertz CT molecular complexity index is 1230. The lowest BCUT2D eigenvalue weighted by atomic mass is 10.1. The first-order valence-corrected chi connectivity index (χ1v) is 12.8. The van der Waals surface area contributed by atoms with Crippen molar-refractivity contribution < 1.29 is 32.4 Å². The number of nitrogens with zero attached hydrogens (tertiary/aromatic N) is 3. The van der Waals surface area contributed by atoms with Crippen LogP contribution in [0.3, 0.4) is 0 Å². The van der Waals surface area contributed by atoms with Crippen LogP contribution in [0.5, 0.6) is 0 Å². The third-order valence-corrected chi connectivity index (χ3v) is 9.78. The molecular formula is C21H22F3N4O4Si-. The molecule has 8 nitrogen and oxygen atoms in total. The van der Waals surface area contributed by atoms with E-state index < -0.39 is 37.8 Å². The van der Waals surface area contributed by atoms with Crippen LogP contribution in [0.4, 0.5) is 18.9 Å². The van der Waals surface area contributed by atoms with Crippen LogP contribution in [0.1, 0.15) is 47.3 Å². The highest BCUT2D eigenvalue weighted by Gasteiger charge is 2.38. The number of hydrogen-bond acceptors (Lipinski definition) is 7. The van der Waals surface area contributed by atoms with Crippen molar-refractivity contribution >= 4 is 36.8 Å². The number of halogens is 3. The van der Waals surface area contributed by atoms with E-state index in [4.69, 9.17) is 4.53 Å². The van der Waals surface area contributed by atoms with Crippen molar-refractivity contribution in [3.63, 3.8) is 0 Å². The van der Waals surface area contributed by atoms with Gasteiger partial charge in [0.1, 0.15) is 11.4 Å². The van der Waals surface area contributed by atoms with Gasteiger partial charge in [0.15, 0.2) is 0 Å². The van der Waals surface area contributed by atoms with Crippen molar-refractivity contribution in [2.24, 2.45) is 0 Å². The van der Waals surface area contributed by atoms with Gasteiger partial charge in [-0.1, -0.05) is 26.8 Å². The molecule has 0 aliphatic rings. The number of pyridine rings is 1. The fourth-order valence-electron chi connectivity index (χ4n) is 2.59. The maximum atomic E-state index is 12.9. The summed E-state index contributed by atoms with van der Waals surface area (Å²) in [6.07, 6.45) is -3.44. The number of hydrogen-bond donors (Lipinski definition) is 1. The van der Waals surface area contributed by atoms with Crippen LogP contribution in [0.25, 0.3) is 10.9 Å². The molecular weight excluding hydrogens is 457 g/mol. The maximum Gasteiger partial charge on any atom is 0.433 e. The minimum absolute atomic E-state index is 0.108. The van der Waals surface area contributed by atoms with Crippen LogP contribution in [0, 0.1) is 0 Å². The average Bonchev–Trinajstić information content (AvgIpc) is 3.12. The van der Waals surface area contributed by atoms with Crippen molar-refractivity contribution in [3.8, 4) is 0 Å². The molecule has 0 bridgehead atoms. The summed E-state index contributed by atoms with van der Waals surface area (Å²) >= 11 is 0. The zero-order valence-electron chi connectivity index (χ0n) is 18.6. The molecule has 0 fully saturated rings. The topological polar surface area (TPSA) is 109 Å². The number of alkyl halides is 3. The second-order valence-electron chi connectivity index (χ2n) is 8.99. The van der Waals surface area contributed by atoms with Gasteiger partial charge in [0.2, 0.25) is 8.32 Å². The highest BCUT2D eigenvalue weighted by molar-refractivity contribution is 6.74. The number of anilines is 1. The monoisotopic (exact) mass is 479 g/mol. The summed E-state index contributed by atoms with van der Waals surface area (Å²) in [7, 11) is -2.29. The van der Waals surface area contributed by atoms with Crippen molar-refractivity contribution in [1.82, 2.24) is 14.8 Å². The van der Waals surface area contributed by atoms with Gasteiger partial charge in [-0.2, -0.15) is 18.3 Å². The van der Waals surface area contributed by atoms with Crippen LogP contribution >= 0.6 is 0 Å². The van der Waals surface area contributed by atoms with Crippen molar-refractivity contribution in [3.05, 3.63) is 53.5 Å². The molecule has 0 aliphatic carbocycles. The number of aromatic nitrogens is 3. The quantitative estimate of drug-likeness (QED) is 0.437. The summed E-state index contributed by atoms with van der Waals surface area (Å²) in [5.41, 5.74) is 1.04. The van der Waals surface area contributed by atoms with E-state index in [2.05, 4.69) is 15.6 Å². The van der Waals surface area contributed by atoms with Gasteiger partial charge in [0.05, 0.1) is 17.2 Å². The van der Waals surface area contributed by atoms with Crippen LogP contribution in [0.15, 0.2) is 36.5 Å². The first kappa shape index (κ1) is 24.4. The van der Waals surface area contributed by atoms with E-state index in [9.17, 15) is 27.9 Å². The Balaban J connectivity index is 1.98. The Morgan fingerprint density at radius 3 is 2.39 bits per heavy atom. The summed E-state index contributed by atoms with van der Waals surface area (Å²) in [6.45, 7) is 9.98. The van der Waals surface area contributed by atoms with E-state index in [1.54, 1.807) is 0 Å². The number of nitrogens with one attached hydrogen (secondary N) is 1. The molecule has 3 aromatic rings. The Morgan fingerprint density at radius 2 is 1.82 bits per heavy atom. The Hall–Kier alpha value is -3.25. The highest BCUT2D eigenvalue weighted by atomic mass is 28.4. The number of carbonyl (C=O) groups is 2. The largest absolute Gasteiger partial charge is 0.545 e. The molecule has 1 aromatic carbocycles. The van der Waals surface area contributed by atoms with E-state index >= 15 is 0 Å². The summed E-state index contributed by atoms with van der Waals surface area (Å²) in [5.74, 6) is -2.39. The van der Waals surface area contributed by atoms with Gasteiger partial charge in [-0.05, 0) is 42.4 Å². The second-order valence-corrected chi connectivity index (χ2v) is 13.7. The number of carbonyl (C=O) groups excluding carboxylic acids is 2. The Morgan fingerprint density at radius 1 is 1.15 bits per heavy atom. The molecule has 0 spiro atoms. The van der Waals surface area contributed by atoms with Crippen molar-refractivity contribution in [2.45, 2.75) is 45.1 Å². The molecule has 33 heavy (non-hydrogen) atoms. The third kappa shape index (κ3) is 5.06. The zero-order valence-corrected chi connectivity index (χ0v) is 19.6. The number of benzene rings is 1. The molecule has 0 radical (unpaired) electrons. The van der Waals surface area contributed by atoms with Gasteiger partial charge in [-0.3, -0.25) is 10.3 Å². The molecule has 2 heterocycles. The first-order chi connectivity index (χ1) is 15.1. The molecule has 0 amide bonds. The summed E-state index contributed by atoms with van der Waals surface area (Å²) in [6, 6.07) is 5.58. The Labute approximate surface area is 188 Å². The van der Waals surface area contributed by atoms with Gasteiger partial charge in [0.25, 0.3) is 5.91 Å². The van der Waals surface area contributed by atoms with E-state index in [1.807, 2.05) is 33.9 Å². The van der Waals surface area contributed by atoms with Gasteiger partial charge in [0, 0.05) is 17.1 Å². The summed E-state index contributed by atoms with van der Waals surface area (Å²) in [5, 5.41) is 15.9. The van der Waals surface area contributed by atoms with Crippen LogP contribution in [-0.2, 0) is 10.7 Å². The molecule has 176 valence electrons. The molecule has 0 unspecified atom stereocenters. The molecule has 2 aromatic heterocycles. The first-order valence-electron chi connectivity index (χ1n) is 9.88. The number of carboxylic acid groups (broad SMARTS) is 1. The summed E-state index contributed by atoms with van der Waals surface area (Å²) < 4.78 is 45.5. The molecule has 0 saturated carbocycles. The number of fused-ring (bicyclic) bond motifs is 1. The van der Waals surface area contributed by atoms with Gasteiger partial charge in [-0.25, -0.2) is 9.67 Å². The lowest BCUT2D eigenvalue weighted by Crippen LogP contribution is -2.42. The predicted molar refractivity (Wildman–Crippen MR) is 115 cm³/mol. The lowest BCUT2D eigenvalue weighted by molar-refractivity contribution is -0.254. The van der Waals surface area contributed by atoms with E-state index in [0.717, 1.165) is 22.9 Å². The zero-order chi connectivity index (χ0) is 24.8. The predicted octanol–water partition coefficient (Wildman–Crippen LogP) is 3.85. The average molecular weight is 480 g/mol. The van der Waals surface area contributed by atoms with E-state index in [1.165, 1.54) is 18.3 Å². The third-order valence-electron chi connectivity index (χ3n) is 5.55. The number of carboxylic acids is 1. The van der Waals surface area contributed by atoms with Crippen LogP contribution in [0.2, 0.25) is 18.1 Å². The normalized spacial score (nSPS) is 12.7. The second kappa shape index (κ2) is 8.27. The number of rotatable bonds is 5. The maximum absolute atomic E-state index is 12.9. The minimum atomic E-state index is -4.71. The van der Waals surface area contributed by atoms with Crippen LogP contribution < -0.4 is 10.6 Å². The minimum Gasteiger partial charge on any atom is -0.545 e. The molecule has 12 heteroatoms. The molecule has 0 aliphatic heterocycles. The fourth-order valence-corrected chi connectivity index (χ4v) is 3.27. The van der Waals surface area contributed by atoms with Crippen molar-refractivity contribution in [2.75, 3.05) is 5.48 Å². The van der Waals surface area contributed by atoms with Crippen LogP contribution in [-0.4, -0.2) is 35.0 Å². The summed E-state index contributed by atoms with van der Waals surface area (Å²) in [4.78, 5) is 27.7. The Kier molecular flexibility index (Phi) is 6.11. The fraction of sp³-hybridized carbons (Fsp3) is 0.333. The van der Waals surface area contributed by atoms with Gasteiger partial charge >= 0.3 is 6.18 Å². The van der Waals surface area contributed by atoms with Gasteiger partial charge < -0.3 is 14.4 Å². The SMILES string of the molecule is CC(C)(C)[Si](C)(C)ONc1cc2cn(C(=O)c3cccc(C(F)(F)F)n3)nc2cc1C(=O)[O-]. The van der Waals surface area contributed by atoms with E-state index in [0.29, 0.717) is 5.39 Å². The smallest absolute Gasteiger partial charge is 0.433 e. The lowest BCUT2D eigenvalue weighted by Gasteiger charge is -2.35. The molecule has 3 rings (SSSR count). The number of aromatic carboxylic acids is 1. The molecule has 1 N–H and O–H groups in total. The standard InChI is InChI=1S/C21H23F3N4O4Si/c1-20(2,3)33(4,5)32-27-16-9-12-11-28(26-15(12)10-13(16)19(30)31)18(29)14-7-6-8-17(25-14)21(22,23)24/h6-11,27H,1-5H3,(H,30,31)/p-1. The molecule has 0 atom stereocenters. The molecule has 0 saturated heterocycles. The van der Waals surface area contributed by atoms with Gasteiger partial charge in [-0.15, -0.1) is 0 Å². The van der Waals surface area contributed by atoms with E-state index in [-0.39, 0.29) is 21.8 Å².